The molecule has 8 heavy (non-hydrogen) atoms. The largest absolute Gasteiger partial charge is 0.374 e. The van der Waals surface area contributed by atoms with Gasteiger partial charge in [0.1, 0.15) is 0 Å². The van der Waals surface area contributed by atoms with E-state index in [9.17, 15) is 0 Å². The van der Waals surface area contributed by atoms with E-state index in [0.717, 1.165) is 0 Å². The summed E-state index contributed by atoms with van der Waals surface area (Å²) < 4.78 is 0. The third-order valence-corrected chi connectivity index (χ3v) is 0.707. The standard InChI is InChI=1S/C3H6N2S2.HI/c1-7-2-5-3(4)6;/h2H,1H3,(H2,4,6);1H. The molecule has 0 aromatic heterocycles. The summed E-state index contributed by atoms with van der Waals surface area (Å²) in [4.78, 5) is 3.59. The number of thiocarbonyl (C=S) groups is 1. The lowest BCUT2D eigenvalue weighted by Gasteiger charge is -1.78. The topological polar surface area (TPSA) is 38.4 Å². The molecule has 0 aliphatic rings. The van der Waals surface area contributed by atoms with Gasteiger partial charge in [-0.15, -0.1) is 35.7 Å². The first-order chi connectivity index (χ1) is 3.27. The fourth-order valence-corrected chi connectivity index (χ4v) is 0.443. The van der Waals surface area contributed by atoms with Crippen LogP contribution in [0.4, 0.5) is 0 Å². The Bertz CT molecular complexity index is 93.3. The van der Waals surface area contributed by atoms with Crippen LogP contribution in [0.3, 0.4) is 0 Å². The molecule has 0 saturated heterocycles. The molecule has 2 N–H and O–H groups in total. The highest BCUT2D eigenvalue weighted by atomic mass is 127. The SMILES string of the molecule is CSC=NC(N)=S.I. The molecular formula is C3H7IN2S2. The van der Waals surface area contributed by atoms with Gasteiger partial charge >= 0.3 is 0 Å². The van der Waals surface area contributed by atoms with Crippen LogP contribution >= 0.6 is 48.0 Å². The van der Waals surface area contributed by atoms with E-state index < -0.39 is 0 Å². The molecule has 0 fully saturated rings. The Morgan fingerprint density at radius 1 is 1.88 bits per heavy atom. The Hall–Kier alpha value is 0.640. The first-order valence-electron chi connectivity index (χ1n) is 1.62. The summed E-state index contributed by atoms with van der Waals surface area (Å²) in [5, 5.41) is 0.189. The maximum absolute atomic E-state index is 5.00. The van der Waals surface area contributed by atoms with Gasteiger partial charge in [0.2, 0.25) is 0 Å². The number of aliphatic imine (C=N–C) groups is 1. The zero-order chi connectivity index (χ0) is 5.70. The first kappa shape index (κ1) is 11.4. The molecule has 0 aromatic rings. The van der Waals surface area contributed by atoms with E-state index >= 15 is 0 Å². The van der Waals surface area contributed by atoms with Gasteiger partial charge in [-0.05, 0) is 18.5 Å². The van der Waals surface area contributed by atoms with Gasteiger partial charge in [0.05, 0.1) is 5.55 Å². The van der Waals surface area contributed by atoms with Crippen LogP contribution in [0.5, 0.6) is 0 Å². The van der Waals surface area contributed by atoms with Crippen molar-refractivity contribution in [2.45, 2.75) is 0 Å². The van der Waals surface area contributed by atoms with Crippen LogP contribution < -0.4 is 5.73 Å². The second-order valence-corrected chi connectivity index (χ2v) is 1.91. The first-order valence-corrected chi connectivity index (χ1v) is 3.31. The number of rotatable bonds is 1. The monoisotopic (exact) mass is 262 g/mol. The highest BCUT2D eigenvalue weighted by molar-refractivity contribution is 14.0. The fraction of sp³-hybridized carbons (Fsp3) is 0.333. The summed E-state index contributed by atoms with van der Waals surface area (Å²) in [7, 11) is 0. The van der Waals surface area contributed by atoms with Crippen molar-refractivity contribution in [3.63, 3.8) is 0 Å². The van der Waals surface area contributed by atoms with E-state index in [4.69, 9.17) is 5.73 Å². The molecule has 48 valence electrons. The quantitative estimate of drug-likeness (QED) is 0.334. The molecule has 0 saturated carbocycles. The molecule has 0 heterocycles. The lowest BCUT2D eigenvalue weighted by Crippen LogP contribution is -2.02. The minimum absolute atomic E-state index is 0. The highest BCUT2D eigenvalue weighted by Crippen LogP contribution is 1.81. The molecule has 0 unspecified atom stereocenters. The number of nitrogens with zero attached hydrogens (tertiary/aromatic N) is 1. The minimum Gasteiger partial charge on any atom is -0.374 e. The molecule has 0 atom stereocenters. The van der Waals surface area contributed by atoms with Gasteiger partial charge in [-0.1, -0.05) is 0 Å². The van der Waals surface area contributed by atoms with Gasteiger partial charge in [-0.25, -0.2) is 4.99 Å². The number of hydrogen-bond donors (Lipinski definition) is 1. The van der Waals surface area contributed by atoms with Crippen LogP contribution in [0.1, 0.15) is 0 Å². The van der Waals surface area contributed by atoms with Crippen molar-refractivity contribution in [2.24, 2.45) is 10.7 Å². The molecule has 5 heteroatoms. The van der Waals surface area contributed by atoms with E-state index in [1.807, 2.05) is 6.26 Å². The Morgan fingerprint density at radius 2 is 2.38 bits per heavy atom. The Labute approximate surface area is 75.3 Å². The van der Waals surface area contributed by atoms with Crippen molar-refractivity contribution < 1.29 is 0 Å². The van der Waals surface area contributed by atoms with E-state index in [1.54, 1.807) is 5.55 Å². The van der Waals surface area contributed by atoms with Crippen LogP contribution in [0.25, 0.3) is 0 Å². The zero-order valence-corrected chi connectivity index (χ0v) is 8.29. The Morgan fingerprint density at radius 3 is 2.50 bits per heavy atom. The third-order valence-electron chi connectivity index (χ3n) is 0.285. The van der Waals surface area contributed by atoms with Crippen LogP contribution in [-0.2, 0) is 0 Å². The molecular weight excluding hydrogens is 255 g/mol. The molecule has 0 bridgehead atoms. The highest BCUT2D eigenvalue weighted by Gasteiger charge is 1.71. The molecule has 0 radical (unpaired) electrons. The summed E-state index contributed by atoms with van der Waals surface area (Å²) in [5.41, 5.74) is 6.60. The van der Waals surface area contributed by atoms with E-state index in [1.165, 1.54) is 11.8 Å². The third kappa shape index (κ3) is 9.81. The van der Waals surface area contributed by atoms with Gasteiger partial charge in [0, 0.05) is 0 Å². The predicted molar refractivity (Wildman–Crippen MR) is 54.2 cm³/mol. The lowest BCUT2D eigenvalue weighted by molar-refractivity contribution is 1.65. The summed E-state index contributed by atoms with van der Waals surface area (Å²) >= 11 is 5.90. The van der Waals surface area contributed by atoms with Crippen molar-refractivity contribution in [3.05, 3.63) is 0 Å². The normalized spacial score (nSPS) is 8.62. The van der Waals surface area contributed by atoms with Crippen molar-refractivity contribution in [3.8, 4) is 0 Å². The maximum atomic E-state index is 5.00. The van der Waals surface area contributed by atoms with Crippen molar-refractivity contribution in [1.82, 2.24) is 0 Å². The second kappa shape index (κ2) is 7.64. The van der Waals surface area contributed by atoms with E-state index in [-0.39, 0.29) is 29.1 Å². The molecule has 0 spiro atoms. The number of halogens is 1. The number of hydrogen-bond acceptors (Lipinski definition) is 2. The summed E-state index contributed by atoms with van der Waals surface area (Å²) in [5.74, 6) is 0. The fourth-order valence-electron chi connectivity index (χ4n) is 0.105. The van der Waals surface area contributed by atoms with Crippen molar-refractivity contribution >= 4 is 58.6 Å². The zero-order valence-electron chi connectivity index (χ0n) is 4.33. The van der Waals surface area contributed by atoms with Gasteiger partial charge in [0.25, 0.3) is 0 Å². The Kier molecular flexibility index (Phi) is 10.9. The molecule has 0 rings (SSSR count). The molecule has 0 amide bonds. The summed E-state index contributed by atoms with van der Waals surface area (Å²) in [6.45, 7) is 0. The molecule has 0 aromatic carbocycles. The summed E-state index contributed by atoms with van der Waals surface area (Å²) in [6, 6.07) is 0. The molecule has 0 aliphatic heterocycles. The van der Waals surface area contributed by atoms with Crippen LogP contribution in [0.15, 0.2) is 4.99 Å². The van der Waals surface area contributed by atoms with Crippen LogP contribution in [0.2, 0.25) is 0 Å². The van der Waals surface area contributed by atoms with Crippen molar-refractivity contribution in [2.75, 3.05) is 6.26 Å². The van der Waals surface area contributed by atoms with Gasteiger partial charge in [0.15, 0.2) is 5.11 Å². The average molecular weight is 262 g/mol. The smallest absolute Gasteiger partial charge is 0.190 e. The average Bonchev–Trinajstić information content (AvgIpc) is 1.61. The lowest BCUT2D eigenvalue weighted by atomic mass is 11.2. The number of nitrogens with two attached hydrogens (primary N) is 1. The molecule has 0 aliphatic carbocycles. The van der Waals surface area contributed by atoms with E-state index in [2.05, 4.69) is 17.2 Å². The van der Waals surface area contributed by atoms with Crippen LogP contribution in [-0.4, -0.2) is 16.9 Å². The second-order valence-electron chi connectivity index (χ2n) is 0.808. The maximum Gasteiger partial charge on any atom is 0.190 e. The van der Waals surface area contributed by atoms with Gasteiger partial charge < -0.3 is 5.73 Å². The summed E-state index contributed by atoms with van der Waals surface area (Å²) in [6.07, 6.45) is 1.89. The van der Waals surface area contributed by atoms with Gasteiger partial charge in [-0.3, -0.25) is 0 Å². The van der Waals surface area contributed by atoms with E-state index in [0.29, 0.717) is 0 Å². The number of thioether (sulfide) groups is 1. The Balaban J connectivity index is 0. The van der Waals surface area contributed by atoms with Crippen molar-refractivity contribution in [1.29, 1.82) is 0 Å². The van der Waals surface area contributed by atoms with Gasteiger partial charge in [-0.2, -0.15) is 0 Å². The minimum atomic E-state index is 0. The van der Waals surface area contributed by atoms with Crippen LogP contribution in [0, 0.1) is 0 Å². The molecule has 2 nitrogen and oxygen atoms in total. The predicted octanol–water partition coefficient (Wildman–Crippen LogP) is 1.24.